The van der Waals surface area contributed by atoms with Crippen molar-refractivity contribution in [2.75, 3.05) is 26.2 Å². The average Bonchev–Trinajstić information content (AvgIpc) is 3.34. The van der Waals surface area contributed by atoms with E-state index in [1.165, 1.54) is 25.7 Å². The summed E-state index contributed by atoms with van der Waals surface area (Å²) in [6.07, 6.45) is 5.25. The van der Waals surface area contributed by atoms with Gasteiger partial charge in [0, 0.05) is 50.5 Å². The summed E-state index contributed by atoms with van der Waals surface area (Å²) >= 11 is 0. The van der Waals surface area contributed by atoms with Crippen LogP contribution in [0.4, 0.5) is 0 Å². The van der Waals surface area contributed by atoms with E-state index >= 15 is 0 Å². The zero-order chi connectivity index (χ0) is 19.7. The van der Waals surface area contributed by atoms with E-state index in [1.807, 2.05) is 48.9 Å². The van der Waals surface area contributed by atoms with Gasteiger partial charge in [-0.3, -0.25) is 14.6 Å². The van der Waals surface area contributed by atoms with E-state index in [2.05, 4.69) is 9.80 Å². The lowest BCUT2D eigenvalue weighted by Gasteiger charge is -2.40. The molecule has 0 spiro atoms. The van der Waals surface area contributed by atoms with Gasteiger partial charge in [0.1, 0.15) is 5.82 Å². The van der Waals surface area contributed by atoms with Gasteiger partial charge in [0.2, 0.25) is 0 Å². The van der Waals surface area contributed by atoms with Crippen molar-refractivity contribution in [3.05, 3.63) is 41.7 Å². The van der Waals surface area contributed by atoms with Crippen molar-refractivity contribution in [1.82, 2.24) is 19.4 Å². The van der Waals surface area contributed by atoms with Crippen molar-refractivity contribution in [3.63, 3.8) is 0 Å². The molecule has 1 atom stereocenters. The first-order chi connectivity index (χ1) is 13.6. The number of aliphatic carboxylic acids is 1. The van der Waals surface area contributed by atoms with Crippen LogP contribution >= 0.6 is 0 Å². The van der Waals surface area contributed by atoms with Gasteiger partial charge in [-0.25, -0.2) is 4.98 Å². The van der Waals surface area contributed by atoms with Crippen LogP contribution in [-0.4, -0.2) is 62.6 Å². The molecule has 1 saturated carbocycles. The average molecular weight is 383 g/mol. The fourth-order valence-electron chi connectivity index (χ4n) is 4.78. The Labute approximate surface area is 166 Å². The molecule has 0 bridgehead atoms. The van der Waals surface area contributed by atoms with E-state index in [1.54, 1.807) is 0 Å². The van der Waals surface area contributed by atoms with E-state index in [0.717, 1.165) is 43.3 Å². The summed E-state index contributed by atoms with van der Waals surface area (Å²) in [6, 6.07) is 9.99. The van der Waals surface area contributed by atoms with Crippen LogP contribution in [0.15, 0.2) is 30.3 Å². The maximum Gasteiger partial charge on any atom is 0.327 e. The summed E-state index contributed by atoms with van der Waals surface area (Å²) < 4.78 is 2.01. The number of benzene rings is 1. The standard InChI is InChI=1S/C22H30N4O2/c1-16-19(23-21(24(16)2)17-8-4-3-5-9-17)20(22(27)28)26-14-12-25(13-15-26)18-10-6-7-11-18/h3-5,8-9,18,20H,6-7,10-15H2,1-2H3,(H,27,28). The normalized spacial score (nSPS) is 20.5. The first-order valence-electron chi connectivity index (χ1n) is 10.4. The lowest BCUT2D eigenvalue weighted by atomic mass is 10.1. The Bertz CT molecular complexity index is 819. The van der Waals surface area contributed by atoms with Crippen molar-refractivity contribution in [2.45, 2.75) is 44.7 Å². The molecule has 4 rings (SSSR count). The predicted molar refractivity (Wildman–Crippen MR) is 109 cm³/mol. The monoisotopic (exact) mass is 382 g/mol. The van der Waals surface area contributed by atoms with Crippen LogP contribution in [0.5, 0.6) is 0 Å². The molecule has 1 aromatic heterocycles. The second kappa shape index (κ2) is 8.05. The second-order valence-electron chi connectivity index (χ2n) is 8.08. The van der Waals surface area contributed by atoms with E-state index in [-0.39, 0.29) is 0 Å². The Hall–Kier alpha value is -2.18. The minimum atomic E-state index is -0.810. The van der Waals surface area contributed by atoms with Crippen LogP contribution in [0.3, 0.4) is 0 Å². The smallest absolute Gasteiger partial charge is 0.327 e. The molecule has 2 heterocycles. The van der Waals surface area contributed by atoms with Gasteiger partial charge in [-0.2, -0.15) is 0 Å². The molecule has 1 aliphatic carbocycles. The molecule has 1 saturated heterocycles. The zero-order valence-electron chi connectivity index (χ0n) is 16.8. The molecule has 2 aromatic rings. The molecular formula is C22H30N4O2. The number of hydrogen-bond donors (Lipinski definition) is 1. The van der Waals surface area contributed by atoms with E-state index in [9.17, 15) is 9.90 Å². The highest BCUT2D eigenvalue weighted by Gasteiger charge is 2.35. The minimum Gasteiger partial charge on any atom is -0.480 e. The lowest BCUT2D eigenvalue weighted by Crippen LogP contribution is -2.51. The number of piperazine rings is 1. The van der Waals surface area contributed by atoms with Crippen LogP contribution in [0, 0.1) is 6.92 Å². The molecular weight excluding hydrogens is 352 g/mol. The molecule has 150 valence electrons. The van der Waals surface area contributed by atoms with Crippen molar-refractivity contribution < 1.29 is 9.90 Å². The van der Waals surface area contributed by atoms with Crippen molar-refractivity contribution in [1.29, 1.82) is 0 Å². The fourth-order valence-corrected chi connectivity index (χ4v) is 4.78. The summed E-state index contributed by atoms with van der Waals surface area (Å²) in [7, 11) is 1.96. The first-order valence-corrected chi connectivity index (χ1v) is 10.4. The van der Waals surface area contributed by atoms with Gasteiger partial charge in [0.05, 0.1) is 5.69 Å². The van der Waals surface area contributed by atoms with E-state index in [4.69, 9.17) is 4.98 Å². The van der Waals surface area contributed by atoms with Gasteiger partial charge >= 0.3 is 5.97 Å². The summed E-state index contributed by atoms with van der Waals surface area (Å²) in [5.41, 5.74) is 2.60. The van der Waals surface area contributed by atoms with Gasteiger partial charge < -0.3 is 9.67 Å². The van der Waals surface area contributed by atoms with E-state index < -0.39 is 12.0 Å². The number of rotatable bonds is 5. The predicted octanol–water partition coefficient (Wildman–Crippen LogP) is 3.08. The highest BCUT2D eigenvalue weighted by Crippen LogP contribution is 2.30. The Balaban J connectivity index is 1.56. The number of hydrogen-bond acceptors (Lipinski definition) is 4. The second-order valence-corrected chi connectivity index (χ2v) is 8.08. The first kappa shape index (κ1) is 19.2. The van der Waals surface area contributed by atoms with Gasteiger partial charge in [-0.05, 0) is 19.8 Å². The summed E-state index contributed by atoms with van der Waals surface area (Å²) in [5.74, 6) is 0.0130. The zero-order valence-corrected chi connectivity index (χ0v) is 16.8. The van der Waals surface area contributed by atoms with E-state index in [0.29, 0.717) is 11.7 Å². The number of carbonyl (C=O) groups is 1. The fraction of sp³-hybridized carbons (Fsp3) is 0.545. The quantitative estimate of drug-likeness (QED) is 0.861. The molecule has 0 radical (unpaired) electrons. The topological polar surface area (TPSA) is 61.6 Å². The Morgan fingerprint density at radius 1 is 1.11 bits per heavy atom. The Morgan fingerprint density at radius 2 is 1.75 bits per heavy atom. The van der Waals surface area contributed by atoms with Crippen LogP contribution in [0.2, 0.25) is 0 Å². The third-order valence-corrected chi connectivity index (χ3v) is 6.50. The van der Waals surface area contributed by atoms with Crippen LogP contribution in [0.1, 0.15) is 43.1 Å². The largest absolute Gasteiger partial charge is 0.480 e. The van der Waals surface area contributed by atoms with Gasteiger partial charge in [0.15, 0.2) is 6.04 Å². The summed E-state index contributed by atoms with van der Waals surface area (Å²) in [5, 5.41) is 10.0. The van der Waals surface area contributed by atoms with Gasteiger partial charge in [0.25, 0.3) is 0 Å². The molecule has 1 N–H and O–H groups in total. The molecule has 6 nitrogen and oxygen atoms in total. The number of carboxylic acid groups (broad SMARTS) is 1. The molecule has 0 amide bonds. The maximum atomic E-state index is 12.2. The number of imidazole rings is 1. The third kappa shape index (κ3) is 3.59. The highest BCUT2D eigenvalue weighted by molar-refractivity contribution is 5.76. The summed E-state index contributed by atoms with van der Waals surface area (Å²) in [4.78, 5) is 21.7. The molecule has 6 heteroatoms. The van der Waals surface area contributed by atoms with Crippen LogP contribution < -0.4 is 0 Å². The molecule has 1 unspecified atom stereocenters. The minimum absolute atomic E-state index is 0.670. The van der Waals surface area contributed by atoms with Crippen LogP contribution in [-0.2, 0) is 11.8 Å². The highest BCUT2D eigenvalue weighted by atomic mass is 16.4. The summed E-state index contributed by atoms with van der Waals surface area (Å²) in [6.45, 7) is 5.44. The molecule has 1 aromatic carbocycles. The SMILES string of the molecule is Cc1c(C(C(=O)O)N2CCN(C3CCCC3)CC2)nc(-c2ccccc2)n1C. The Morgan fingerprint density at radius 3 is 2.36 bits per heavy atom. The van der Waals surface area contributed by atoms with Gasteiger partial charge in [-0.15, -0.1) is 0 Å². The molecule has 1 aliphatic heterocycles. The van der Waals surface area contributed by atoms with Crippen LogP contribution in [0.25, 0.3) is 11.4 Å². The van der Waals surface area contributed by atoms with Gasteiger partial charge in [-0.1, -0.05) is 43.2 Å². The molecule has 2 aliphatic rings. The number of nitrogens with zero attached hydrogens (tertiary/aromatic N) is 4. The van der Waals surface area contributed by atoms with Crippen molar-refractivity contribution in [3.8, 4) is 11.4 Å². The van der Waals surface area contributed by atoms with Crippen molar-refractivity contribution in [2.24, 2.45) is 7.05 Å². The lowest BCUT2D eigenvalue weighted by molar-refractivity contribution is -0.144. The molecule has 28 heavy (non-hydrogen) atoms. The third-order valence-electron chi connectivity index (χ3n) is 6.50. The number of carboxylic acids is 1. The number of aromatic nitrogens is 2. The Kier molecular flexibility index (Phi) is 5.51. The maximum absolute atomic E-state index is 12.2. The molecule has 2 fully saturated rings. The van der Waals surface area contributed by atoms with Crippen molar-refractivity contribution >= 4 is 5.97 Å².